The summed E-state index contributed by atoms with van der Waals surface area (Å²) in [7, 11) is 0. The van der Waals surface area contributed by atoms with E-state index in [-0.39, 0.29) is 5.56 Å². The molecule has 1 aromatic heterocycles. The Labute approximate surface area is 83.0 Å². The average molecular weight is 197 g/mol. The van der Waals surface area contributed by atoms with Crippen LogP contribution in [0.3, 0.4) is 0 Å². The van der Waals surface area contributed by atoms with Crippen LogP contribution in [-0.4, -0.2) is 16.6 Å². The Morgan fingerprint density at radius 2 is 2.31 bits per heavy atom. The Kier molecular flexibility index (Phi) is 4.09. The molecule has 0 saturated heterocycles. The van der Waals surface area contributed by atoms with E-state index in [0.717, 1.165) is 24.3 Å². The fraction of sp³-hybridized carbons (Fsp3) is 0.500. The van der Waals surface area contributed by atoms with Crippen molar-refractivity contribution in [2.45, 2.75) is 19.9 Å². The molecule has 0 unspecified atom stereocenters. The molecule has 0 aliphatic rings. The SMILES string of the molecule is CSCCCn1ccc(C)cc1=O. The van der Waals surface area contributed by atoms with Gasteiger partial charge in [0.15, 0.2) is 0 Å². The summed E-state index contributed by atoms with van der Waals surface area (Å²) in [5.41, 5.74) is 1.15. The second-order valence-corrected chi connectivity index (χ2v) is 4.07. The van der Waals surface area contributed by atoms with Gasteiger partial charge in [0.2, 0.25) is 0 Å². The van der Waals surface area contributed by atoms with E-state index in [9.17, 15) is 4.79 Å². The Bertz CT molecular complexity index is 319. The van der Waals surface area contributed by atoms with Gasteiger partial charge in [-0.05, 0) is 37.0 Å². The van der Waals surface area contributed by atoms with Crippen LogP contribution >= 0.6 is 11.8 Å². The summed E-state index contributed by atoms with van der Waals surface area (Å²) in [6, 6.07) is 3.65. The fourth-order valence-corrected chi connectivity index (χ4v) is 1.59. The molecule has 0 bridgehead atoms. The second kappa shape index (κ2) is 5.12. The number of pyridine rings is 1. The summed E-state index contributed by atoms with van der Waals surface area (Å²) in [6.07, 6.45) is 5.01. The van der Waals surface area contributed by atoms with E-state index in [1.807, 2.05) is 30.9 Å². The van der Waals surface area contributed by atoms with Gasteiger partial charge in [-0.15, -0.1) is 0 Å². The van der Waals surface area contributed by atoms with Crippen molar-refractivity contribution in [1.82, 2.24) is 4.57 Å². The van der Waals surface area contributed by atoms with Crippen LogP contribution in [0, 0.1) is 6.92 Å². The Morgan fingerprint density at radius 1 is 1.54 bits per heavy atom. The normalized spacial score (nSPS) is 10.3. The minimum Gasteiger partial charge on any atom is -0.315 e. The van der Waals surface area contributed by atoms with E-state index in [2.05, 4.69) is 6.26 Å². The predicted molar refractivity (Wildman–Crippen MR) is 58.4 cm³/mol. The molecule has 0 saturated carbocycles. The highest BCUT2D eigenvalue weighted by Crippen LogP contribution is 1.98. The number of nitrogens with zero attached hydrogens (tertiary/aromatic N) is 1. The Balaban J connectivity index is 2.62. The van der Waals surface area contributed by atoms with E-state index in [1.165, 1.54) is 0 Å². The molecule has 1 rings (SSSR count). The van der Waals surface area contributed by atoms with Gasteiger partial charge in [-0.2, -0.15) is 11.8 Å². The van der Waals surface area contributed by atoms with Gasteiger partial charge in [-0.25, -0.2) is 0 Å². The largest absolute Gasteiger partial charge is 0.315 e. The molecule has 1 heterocycles. The van der Waals surface area contributed by atoms with E-state index in [0.29, 0.717) is 0 Å². The first-order chi connectivity index (χ1) is 6.24. The first-order valence-corrected chi connectivity index (χ1v) is 5.79. The van der Waals surface area contributed by atoms with Gasteiger partial charge in [-0.3, -0.25) is 4.79 Å². The third kappa shape index (κ3) is 3.27. The lowest BCUT2D eigenvalue weighted by atomic mass is 10.3. The van der Waals surface area contributed by atoms with Gasteiger partial charge < -0.3 is 4.57 Å². The van der Waals surface area contributed by atoms with Crippen molar-refractivity contribution in [2.24, 2.45) is 0 Å². The third-order valence-corrected chi connectivity index (χ3v) is 2.60. The van der Waals surface area contributed by atoms with E-state index < -0.39 is 0 Å². The summed E-state index contributed by atoms with van der Waals surface area (Å²) in [5, 5.41) is 0. The highest BCUT2D eigenvalue weighted by Gasteiger charge is 1.94. The number of aryl methyl sites for hydroxylation is 2. The lowest BCUT2D eigenvalue weighted by molar-refractivity contribution is 0.657. The molecule has 0 radical (unpaired) electrons. The van der Waals surface area contributed by atoms with Crippen LogP contribution in [0.15, 0.2) is 23.1 Å². The monoisotopic (exact) mass is 197 g/mol. The number of aromatic nitrogens is 1. The first kappa shape index (κ1) is 10.4. The summed E-state index contributed by atoms with van der Waals surface area (Å²) < 4.78 is 1.77. The molecule has 0 spiro atoms. The van der Waals surface area contributed by atoms with Gasteiger partial charge in [-0.1, -0.05) is 0 Å². The zero-order valence-corrected chi connectivity index (χ0v) is 8.93. The molecule has 0 aliphatic heterocycles. The van der Waals surface area contributed by atoms with Crippen LogP contribution in [0.25, 0.3) is 0 Å². The summed E-state index contributed by atoms with van der Waals surface area (Å²) in [5.74, 6) is 1.11. The molecular formula is C10H15NOS. The molecule has 0 aromatic carbocycles. The lowest BCUT2D eigenvalue weighted by Gasteiger charge is -2.04. The Morgan fingerprint density at radius 3 is 2.92 bits per heavy atom. The van der Waals surface area contributed by atoms with Gasteiger partial charge in [0.05, 0.1) is 0 Å². The number of hydrogen-bond donors (Lipinski definition) is 0. The smallest absolute Gasteiger partial charge is 0.250 e. The van der Waals surface area contributed by atoms with Crippen LogP contribution in [0.2, 0.25) is 0 Å². The molecule has 72 valence electrons. The van der Waals surface area contributed by atoms with Crippen LogP contribution < -0.4 is 5.56 Å². The van der Waals surface area contributed by atoms with Gasteiger partial charge in [0.25, 0.3) is 5.56 Å². The van der Waals surface area contributed by atoms with Crippen molar-refractivity contribution in [3.8, 4) is 0 Å². The van der Waals surface area contributed by atoms with Gasteiger partial charge in [0, 0.05) is 18.8 Å². The number of thioether (sulfide) groups is 1. The average Bonchev–Trinajstić information content (AvgIpc) is 2.09. The molecule has 0 amide bonds. The molecule has 3 heteroatoms. The molecule has 2 nitrogen and oxygen atoms in total. The Hall–Kier alpha value is -0.700. The van der Waals surface area contributed by atoms with Gasteiger partial charge in [0.1, 0.15) is 0 Å². The highest BCUT2D eigenvalue weighted by atomic mass is 32.2. The maximum atomic E-state index is 11.4. The standard InChI is InChI=1S/C10H15NOS/c1-9-4-6-11(10(12)8-9)5-3-7-13-2/h4,6,8H,3,5,7H2,1-2H3. The molecule has 0 N–H and O–H groups in total. The summed E-state index contributed by atoms with van der Waals surface area (Å²) in [6.45, 7) is 2.77. The zero-order chi connectivity index (χ0) is 9.68. The topological polar surface area (TPSA) is 22.0 Å². The van der Waals surface area contributed by atoms with E-state index in [1.54, 1.807) is 10.6 Å². The fourth-order valence-electron chi connectivity index (χ4n) is 1.17. The van der Waals surface area contributed by atoms with Crippen LogP contribution in [0.4, 0.5) is 0 Å². The zero-order valence-electron chi connectivity index (χ0n) is 8.12. The molecule has 0 aliphatic carbocycles. The molecule has 13 heavy (non-hydrogen) atoms. The first-order valence-electron chi connectivity index (χ1n) is 4.40. The lowest BCUT2D eigenvalue weighted by Crippen LogP contribution is -2.18. The second-order valence-electron chi connectivity index (χ2n) is 3.08. The quantitative estimate of drug-likeness (QED) is 0.688. The summed E-state index contributed by atoms with van der Waals surface area (Å²) >= 11 is 1.81. The number of rotatable bonds is 4. The van der Waals surface area contributed by atoms with Crippen LogP contribution in [-0.2, 0) is 6.54 Å². The van der Waals surface area contributed by atoms with E-state index in [4.69, 9.17) is 0 Å². The predicted octanol–water partition coefficient (Wildman–Crippen LogP) is 1.91. The van der Waals surface area contributed by atoms with Gasteiger partial charge >= 0.3 is 0 Å². The van der Waals surface area contributed by atoms with Crippen molar-refractivity contribution in [2.75, 3.05) is 12.0 Å². The molecule has 1 aromatic rings. The molecule has 0 fully saturated rings. The molecule has 0 atom stereocenters. The van der Waals surface area contributed by atoms with Crippen molar-refractivity contribution in [3.63, 3.8) is 0 Å². The van der Waals surface area contributed by atoms with Crippen molar-refractivity contribution in [3.05, 3.63) is 34.2 Å². The third-order valence-electron chi connectivity index (χ3n) is 1.90. The highest BCUT2D eigenvalue weighted by molar-refractivity contribution is 7.98. The van der Waals surface area contributed by atoms with Crippen LogP contribution in [0.1, 0.15) is 12.0 Å². The minimum atomic E-state index is 0.112. The van der Waals surface area contributed by atoms with Crippen molar-refractivity contribution >= 4 is 11.8 Å². The van der Waals surface area contributed by atoms with Crippen molar-refractivity contribution < 1.29 is 0 Å². The maximum Gasteiger partial charge on any atom is 0.250 e. The van der Waals surface area contributed by atoms with Crippen molar-refractivity contribution in [1.29, 1.82) is 0 Å². The summed E-state index contributed by atoms with van der Waals surface area (Å²) in [4.78, 5) is 11.4. The maximum absolute atomic E-state index is 11.4. The number of hydrogen-bond acceptors (Lipinski definition) is 2. The minimum absolute atomic E-state index is 0.112. The van der Waals surface area contributed by atoms with E-state index >= 15 is 0 Å². The molecular weight excluding hydrogens is 182 g/mol. The van der Waals surface area contributed by atoms with Crippen LogP contribution in [0.5, 0.6) is 0 Å².